The Kier molecular flexibility index (Phi) is 4.28. The maximum Gasteiger partial charge on any atom is 0.142 e. The van der Waals surface area contributed by atoms with E-state index < -0.39 is 0 Å². The number of nitrogen functional groups attached to an aromatic ring is 1. The Labute approximate surface area is 152 Å². The average Bonchev–Trinajstić information content (AvgIpc) is 2.68. The molecule has 4 rings (SSSR count). The van der Waals surface area contributed by atoms with Crippen LogP contribution >= 0.6 is 0 Å². The molecule has 2 aromatic carbocycles. The minimum absolute atomic E-state index is 0.317. The molecular weight excluding hydrogens is 322 g/mol. The van der Waals surface area contributed by atoms with E-state index >= 15 is 0 Å². The van der Waals surface area contributed by atoms with Crippen molar-refractivity contribution in [1.29, 1.82) is 5.26 Å². The molecule has 2 N–H and O–H groups in total. The van der Waals surface area contributed by atoms with Gasteiger partial charge in [0.15, 0.2) is 0 Å². The number of nitriles is 1. The molecule has 128 valence electrons. The van der Waals surface area contributed by atoms with Crippen LogP contribution in [0.5, 0.6) is 11.5 Å². The molecule has 0 saturated heterocycles. The number of nitrogens with zero attached hydrogens (tertiary/aromatic N) is 2. The van der Waals surface area contributed by atoms with Crippen molar-refractivity contribution in [3.05, 3.63) is 71.4 Å². The van der Waals surface area contributed by atoms with Crippen molar-refractivity contribution < 1.29 is 4.74 Å². The number of rotatable bonds is 3. The number of benzene rings is 2. The van der Waals surface area contributed by atoms with Crippen LogP contribution in [0.4, 0.5) is 5.82 Å². The summed E-state index contributed by atoms with van der Waals surface area (Å²) in [6, 6.07) is 19.7. The normalized spacial score (nSPS) is 12.9. The van der Waals surface area contributed by atoms with Crippen LogP contribution in [0, 0.1) is 11.3 Å². The monoisotopic (exact) mass is 341 g/mol. The summed E-state index contributed by atoms with van der Waals surface area (Å²) in [4.78, 5) is 4.48. The van der Waals surface area contributed by atoms with Crippen LogP contribution in [0.3, 0.4) is 0 Å². The molecule has 0 spiro atoms. The number of fused-ring (bicyclic) bond motifs is 1. The van der Waals surface area contributed by atoms with E-state index in [0.717, 1.165) is 59.6 Å². The van der Waals surface area contributed by atoms with Crippen LogP contribution in [-0.2, 0) is 12.8 Å². The second-order valence-electron chi connectivity index (χ2n) is 6.43. The summed E-state index contributed by atoms with van der Waals surface area (Å²) in [6.07, 6.45) is 4.06. The zero-order valence-electron chi connectivity index (χ0n) is 14.4. The van der Waals surface area contributed by atoms with Crippen LogP contribution in [-0.4, -0.2) is 4.98 Å². The number of aromatic nitrogens is 1. The first-order valence-corrected chi connectivity index (χ1v) is 8.81. The van der Waals surface area contributed by atoms with Gasteiger partial charge < -0.3 is 10.5 Å². The predicted octanol–water partition coefficient (Wildman–Crippen LogP) is 4.87. The molecule has 4 nitrogen and oxygen atoms in total. The second kappa shape index (κ2) is 6.89. The molecule has 26 heavy (non-hydrogen) atoms. The molecule has 0 saturated carbocycles. The highest BCUT2D eigenvalue weighted by Crippen LogP contribution is 2.37. The molecule has 0 radical (unpaired) electrons. The van der Waals surface area contributed by atoms with E-state index in [1.54, 1.807) is 0 Å². The lowest BCUT2D eigenvalue weighted by Crippen LogP contribution is -2.11. The number of nitrogens with two attached hydrogens (primary N) is 1. The largest absolute Gasteiger partial charge is 0.457 e. The molecule has 3 aromatic rings. The molecule has 0 bridgehead atoms. The lowest BCUT2D eigenvalue weighted by molar-refractivity contribution is 0.483. The van der Waals surface area contributed by atoms with Crippen molar-refractivity contribution >= 4 is 5.82 Å². The summed E-state index contributed by atoms with van der Waals surface area (Å²) in [5.41, 5.74) is 10.6. The molecule has 0 fully saturated rings. The molecular formula is C22H19N3O. The number of hydrogen-bond acceptors (Lipinski definition) is 4. The van der Waals surface area contributed by atoms with Crippen molar-refractivity contribution in [3.63, 3.8) is 0 Å². The van der Waals surface area contributed by atoms with Gasteiger partial charge in [-0.3, -0.25) is 0 Å². The smallest absolute Gasteiger partial charge is 0.142 e. The highest BCUT2D eigenvalue weighted by molar-refractivity contribution is 5.80. The highest BCUT2D eigenvalue weighted by atomic mass is 16.5. The van der Waals surface area contributed by atoms with Crippen LogP contribution in [0.1, 0.15) is 29.7 Å². The lowest BCUT2D eigenvalue weighted by atomic mass is 9.86. The Morgan fingerprint density at radius 2 is 1.73 bits per heavy atom. The van der Waals surface area contributed by atoms with Gasteiger partial charge in [0.1, 0.15) is 28.9 Å². The highest BCUT2D eigenvalue weighted by Gasteiger charge is 2.22. The summed E-state index contributed by atoms with van der Waals surface area (Å²) in [5.74, 6) is 1.83. The van der Waals surface area contributed by atoms with Gasteiger partial charge in [0.2, 0.25) is 0 Å². The topological polar surface area (TPSA) is 71.9 Å². The van der Waals surface area contributed by atoms with Gasteiger partial charge in [-0.2, -0.15) is 5.26 Å². The van der Waals surface area contributed by atoms with E-state index in [-0.39, 0.29) is 0 Å². The molecule has 0 atom stereocenters. The molecule has 0 unspecified atom stereocenters. The van der Waals surface area contributed by atoms with E-state index in [4.69, 9.17) is 10.5 Å². The van der Waals surface area contributed by atoms with Crippen molar-refractivity contribution in [2.24, 2.45) is 0 Å². The fraction of sp³-hybridized carbons (Fsp3) is 0.182. The zero-order chi connectivity index (χ0) is 17.9. The molecule has 1 aliphatic rings. The lowest BCUT2D eigenvalue weighted by Gasteiger charge is -2.21. The third kappa shape index (κ3) is 3.00. The van der Waals surface area contributed by atoms with Gasteiger partial charge in [-0.1, -0.05) is 30.3 Å². The fourth-order valence-electron chi connectivity index (χ4n) is 3.53. The molecule has 4 heteroatoms. The number of pyridine rings is 1. The Bertz CT molecular complexity index is 990. The Morgan fingerprint density at radius 1 is 0.962 bits per heavy atom. The molecule has 1 aliphatic carbocycles. The summed E-state index contributed by atoms with van der Waals surface area (Å²) in [7, 11) is 0. The van der Waals surface area contributed by atoms with Crippen LogP contribution in [0.2, 0.25) is 0 Å². The molecule has 0 aliphatic heterocycles. The minimum Gasteiger partial charge on any atom is -0.457 e. The van der Waals surface area contributed by atoms with Crippen molar-refractivity contribution in [2.45, 2.75) is 25.7 Å². The first-order valence-electron chi connectivity index (χ1n) is 8.81. The first-order chi connectivity index (χ1) is 12.8. The summed E-state index contributed by atoms with van der Waals surface area (Å²) < 4.78 is 5.96. The number of anilines is 1. The quantitative estimate of drug-likeness (QED) is 0.737. The predicted molar refractivity (Wildman–Crippen MR) is 102 cm³/mol. The average molecular weight is 341 g/mol. The van der Waals surface area contributed by atoms with Gasteiger partial charge in [-0.15, -0.1) is 0 Å². The maximum atomic E-state index is 9.67. The van der Waals surface area contributed by atoms with E-state index in [1.165, 1.54) is 0 Å². The SMILES string of the molecule is N#Cc1c(N)nc2c(c1-c1cccc(Oc3ccccc3)c1)CCCC2. The summed E-state index contributed by atoms with van der Waals surface area (Å²) in [6.45, 7) is 0. The Hall–Kier alpha value is -3.32. The number of para-hydroxylation sites is 1. The van der Waals surface area contributed by atoms with Gasteiger partial charge in [-0.05, 0) is 61.1 Å². The number of ether oxygens (including phenoxy) is 1. The van der Waals surface area contributed by atoms with Crippen LogP contribution < -0.4 is 10.5 Å². The van der Waals surface area contributed by atoms with Crippen molar-refractivity contribution in [2.75, 3.05) is 5.73 Å². The molecule has 1 heterocycles. The number of hydrogen-bond donors (Lipinski definition) is 1. The third-order valence-electron chi connectivity index (χ3n) is 4.72. The van der Waals surface area contributed by atoms with Gasteiger partial charge in [0, 0.05) is 11.3 Å². The number of aryl methyl sites for hydroxylation is 1. The molecule has 1 aromatic heterocycles. The van der Waals surface area contributed by atoms with Gasteiger partial charge >= 0.3 is 0 Å². The standard InChI is InChI=1S/C22H19N3O/c23-14-19-21(18-11-4-5-12-20(18)25-22(19)24)15-7-6-10-17(13-15)26-16-8-2-1-3-9-16/h1-3,6-10,13H,4-5,11-12H2,(H2,24,25). The van der Waals surface area contributed by atoms with Gasteiger partial charge in [0.05, 0.1) is 0 Å². The van der Waals surface area contributed by atoms with Crippen molar-refractivity contribution in [1.82, 2.24) is 4.98 Å². The first kappa shape index (κ1) is 16.2. The Balaban J connectivity index is 1.82. The minimum atomic E-state index is 0.317. The zero-order valence-corrected chi connectivity index (χ0v) is 14.4. The van der Waals surface area contributed by atoms with Crippen LogP contribution in [0.15, 0.2) is 54.6 Å². The van der Waals surface area contributed by atoms with E-state index in [9.17, 15) is 5.26 Å². The van der Waals surface area contributed by atoms with Crippen molar-refractivity contribution in [3.8, 4) is 28.7 Å². The van der Waals surface area contributed by atoms with E-state index in [1.807, 2.05) is 54.6 Å². The Morgan fingerprint density at radius 3 is 2.54 bits per heavy atom. The van der Waals surface area contributed by atoms with E-state index in [0.29, 0.717) is 11.4 Å². The van der Waals surface area contributed by atoms with E-state index in [2.05, 4.69) is 11.1 Å². The maximum absolute atomic E-state index is 9.67. The summed E-state index contributed by atoms with van der Waals surface area (Å²) in [5, 5.41) is 9.67. The van der Waals surface area contributed by atoms with Gasteiger partial charge in [0.25, 0.3) is 0 Å². The van der Waals surface area contributed by atoms with Crippen LogP contribution in [0.25, 0.3) is 11.1 Å². The fourth-order valence-corrected chi connectivity index (χ4v) is 3.53. The second-order valence-corrected chi connectivity index (χ2v) is 6.43. The van der Waals surface area contributed by atoms with Gasteiger partial charge in [-0.25, -0.2) is 4.98 Å². The summed E-state index contributed by atoms with van der Waals surface area (Å²) >= 11 is 0. The third-order valence-corrected chi connectivity index (χ3v) is 4.72. The molecule has 0 amide bonds.